The van der Waals surface area contributed by atoms with E-state index in [1.807, 2.05) is 13.0 Å². The molecule has 100 valence electrons. The van der Waals surface area contributed by atoms with Crippen LogP contribution in [-0.2, 0) is 0 Å². The normalized spacial score (nSPS) is 18.4. The zero-order chi connectivity index (χ0) is 13.1. The van der Waals surface area contributed by atoms with Gasteiger partial charge in [-0.3, -0.25) is 0 Å². The van der Waals surface area contributed by atoms with E-state index in [0.29, 0.717) is 12.5 Å². The van der Waals surface area contributed by atoms with Crippen molar-refractivity contribution >= 4 is 0 Å². The molecule has 2 atom stereocenters. The van der Waals surface area contributed by atoms with Crippen molar-refractivity contribution in [2.24, 2.45) is 5.92 Å². The molecule has 2 rings (SSSR count). The van der Waals surface area contributed by atoms with Crippen molar-refractivity contribution in [3.63, 3.8) is 0 Å². The SMILES string of the molecule is COc1ccc(O)c(C(C)NCC(O)C2CC2)c1. The fourth-order valence-corrected chi connectivity index (χ4v) is 2.06. The first-order valence-corrected chi connectivity index (χ1v) is 6.40. The highest BCUT2D eigenvalue weighted by Gasteiger charge is 2.29. The van der Waals surface area contributed by atoms with Crippen LogP contribution in [0.1, 0.15) is 31.4 Å². The van der Waals surface area contributed by atoms with Gasteiger partial charge in [-0.1, -0.05) is 0 Å². The van der Waals surface area contributed by atoms with E-state index in [1.165, 1.54) is 0 Å². The van der Waals surface area contributed by atoms with E-state index in [-0.39, 0.29) is 17.9 Å². The predicted octanol–water partition coefficient (Wildman–Crippen LogP) is 1.82. The average Bonchev–Trinajstić information content (AvgIpc) is 3.20. The summed E-state index contributed by atoms with van der Waals surface area (Å²) >= 11 is 0. The van der Waals surface area contributed by atoms with Crippen LogP contribution in [0.4, 0.5) is 0 Å². The number of ether oxygens (including phenoxy) is 1. The second-order valence-electron chi connectivity index (χ2n) is 4.96. The van der Waals surface area contributed by atoms with Crippen LogP contribution in [0, 0.1) is 5.92 Å². The van der Waals surface area contributed by atoms with E-state index in [1.54, 1.807) is 19.2 Å². The van der Waals surface area contributed by atoms with Crippen molar-refractivity contribution in [1.82, 2.24) is 5.32 Å². The summed E-state index contributed by atoms with van der Waals surface area (Å²) in [7, 11) is 1.60. The zero-order valence-electron chi connectivity index (χ0n) is 10.9. The van der Waals surface area contributed by atoms with Gasteiger partial charge in [0.2, 0.25) is 0 Å². The Kier molecular flexibility index (Phi) is 4.09. The van der Waals surface area contributed by atoms with Gasteiger partial charge in [-0.2, -0.15) is 0 Å². The number of phenols is 1. The summed E-state index contributed by atoms with van der Waals surface area (Å²) < 4.78 is 5.15. The maximum atomic E-state index is 9.83. The number of hydrogen-bond acceptors (Lipinski definition) is 4. The summed E-state index contributed by atoms with van der Waals surface area (Å²) in [5, 5.41) is 22.9. The molecule has 1 aromatic carbocycles. The quantitative estimate of drug-likeness (QED) is 0.721. The third-order valence-electron chi connectivity index (χ3n) is 3.50. The molecular weight excluding hydrogens is 230 g/mol. The Labute approximate surface area is 108 Å². The summed E-state index contributed by atoms with van der Waals surface area (Å²) in [6.45, 7) is 2.52. The zero-order valence-corrected chi connectivity index (χ0v) is 10.9. The Morgan fingerprint density at radius 3 is 2.78 bits per heavy atom. The van der Waals surface area contributed by atoms with E-state index in [4.69, 9.17) is 4.74 Å². The molecule has 4 nitrogen and oxygen atoms in total. The molecule has 0 radical (unpaired) electrons. The highest BCUT2D eigenvalue weighted by atomic mass is 16.5. The Hall–Kier alpha value is -1.26. The number of nitrogens with one attached hydrogen (secondary N) is 1. The number of benzene rings is 1. The van der Waals surface area contributed by atoms with E-state index in [2.05, 4.69) is 5.32 Å². The summed E-state index contributed by atoms with van der Waals surface area (Å²) in [6.07, 6.45) is 1.98. The molecule has 18 heavy (non-hydrogen) atoms. The Morgan fingerprint density at radius 2 is 2.17 bits per heavy atom. The van der Waals surface area contributed by atoms with Gasteiger partial charge in [0.1, 0.15) is 11.5 Å². The topological polar surface area (TPSA) is 61.7 Å². The molecule has 0 spiro atoms. The molecule has 4 heteroatoms. The lowest BCUT2D eigenvalue weighted by atomic mass is 10.1. The molecule has 0 aromatic heterocycles. The molecule has 0 amide bonds. The Morgan fingerprint density at radius 1 is 1.44 bits per heavy atom. The Bertz CT molecular complexity index is 404. The number of phenolic OH excluding ortho intramolecular Hbond substituents is 1. The van der Waals surface area contributed by atoms with Crippen LogP contribution in [-0.4, -0.2) is 30.0 Å². The van der Waals surface area contributed by atoms with Gasteiger partial charge in [0.05, 0.1) is 13.2 Å². The molecule has 1 aliphatic rings. The van der Waals surface area contributed by atoms with Gasteiger partial charge < -0.3 is 20.3 Å². The molecule has 0 heterocycles. The lowest BCUT2D eigenvalue weighted by molar-refractivity contribution is 0.145. The third kappa shape index (κ3) is 3.15. The molecule has 0 bridgehead atoms. The van der Waals surface area contributed by atoms with Crippen molar-refractivity contribution in [2.45, 2.75) is 31.9 Å². The first-order valence-electron chi connectivity index (χ1n) is 6.40. The average molecular weight is 251 g/mol. The highest BCUT2D eigenvalue weighted by molar-refractivity contribution is 5.41. The van der Waals surface area contributed by atoms with Crippen molar-refractivity contribution < 1.29 is 14.9 Å². The molecule has 0 saturated heterocycles. The van der Waals surface area contributed by atoms with Crippen molar-refractivity contribution in [1.29, 1.82) is 0 Å². The van der Waals surface area contributed by atoms with Crippen LogP contribution in [0.15, 0.2) is 18.2 Å². The summed E-state index contributed by atoms with van der Waals surface area (Å²) in [5.74, 6) is 1.43. The summed E-state index contributed by atoms with van der Waals surface area (Å²) in [5.41, 5.74) is 0.789. The van der Waals surface area contributed by atoms with Gasteiger partial charge in [0.25, 0.3) is 0 Å². The highest BCUT2D eigenvalue weighted by Crippen LogP contribution is 2.33. The maximum absolute atomic E-state index is 9.83. The molecule has 1 aliphatic carbocycles. The van der Waals surface area contributed by atoms with Crippen molar-refractivity contribution in [3.05, 3.63) is 23.8 Å². The van der Waals surface area contributed by atoms with E-state index >= 15 is 0 Å². The monoisotopic (exact) mass is 251 g/mol. The summed E-state index contributed by atoms with van der Waals surface area (Å²) in [6, 6.07) is 5.15. The maximum Gasteiger partial charge on any atom is 0.120 e. The van der Waals surface area contributed by atoms with E-state index < -0.39 is 0 Å². The molecule has 0 aliphatic heterocycles. The summed E-state index contributed by atoms with van der Waals surface area (Å²) in [4.78, 5) is 0. The minimum Gasteiger partial charge on any atom is -0.508 e. The number of rotatable bonds is 6. The van der Waals surface area contributed by atoms with E-state index in [0.717, 1.165) is 24.2 Å². The standard InChI is InChI=1S/C14H21NO3/c1-9(15-8-14(17)10-3-4-10)12-7-11(18-2)5-6-13(12)16/h5-7,9-10,14-17H,3-4,8H2,1-2H3. The lowest BCUT2D eigenvalue weighted by Gasteiger charge is -2.18. The van der Waals surface area contributed by atoms with Gasteiger partial charge in [0, 0.05) is 18.2 Å². The van der Waals surface area contributed by atoms with E-state index in [9.17, 15) is 10.2 Å². The van der Waals surface area contributed by atoms with Gasteiger partial charge in [0.15, 0.2) is 0 Å². The minimum absolute atomic E-state index is 0.0199. The van der Waals surface area contributed by atoms with Gasteiger partial charge in [-0.25, -0.2) is 0 Å². The van der Waals surface area contributed by atoms with Crippen molar-refractivity contribution in [2.75, 3.05) is 13.7 Å². The first-order chi connectivity index (χ1) is 8.61. The van der Waals surface area contributed by atoms with Crippen LogP contribution in [0.3, 0.4) is 0 Å². The lowest BCUT2D eigenvalue weighted by Crippen LogP contribution is -2.30. The van der Waals surface area contributed by atoms with Crippen LogP contribution in [0.5, 0.6) is 11.5 Å². The largest absolute Gasteiger partial charge is 0.508 e. The molecule has 1 fully saturated rings. The van der Waals surface area contributed by atoms with Crippen LogP contribution in [0.25, 0.3) is 0 Å². The van der Waals surface area contributed by atoms with Gasteiger partial charge in [-0.05, 0) is 43.9 Å². The first kappa shape index (κ1) is 13.2. The molecule has 3 N–H and O–H groups in total. The number of aromatic hydroxyl groups is 1. The number of aliphatic hydroxyl groups is 1. The van der Waals surface area contributed by atoms with Crippen LogP contribution in [0.2, 0.25) is 0 Å². The molecule has 2 unspecified atom stereocenters. The smallest absolute Gasteiger partial charge is 0.120 e. The predicted molar refractivity (Wildman–Crippen MR) is 69.8 cm³/mol. The number of methoxy groups -OCH3 is 1. The van der Waals surface area contributed by atoms with Crippen molar-refractivity contribution in [3.8, 4) is 11.5 Å². The molecule has 1 saturated carbocycles. The number of hydrogen-bond donors (Lipinski definition) is 3. The molecular formula is C14H21NO3. The second kappa shape index (κ2) is 5.59. The van der Waals surface area contributed by atoms with Crippen LogP contribution >= 0.6 is 0 Å². The Balaban J connectivity index is 1.96. The second-order valence-corrected chi connectivity index (χ2v) is 4.96. The third-order valence-corrected chi connectivity index (χ3v) is 3.50. The van der Waals surface area contributed by atoms with Gasteiger partial charge in [-0.15, -0.1) is 0 Å². The number of aliphatic hydroxyl groups excluding tert-OH is 1. The van der Waals surface area contributed by atoms with Crippen LogP contribution < -0.4 is 10.1 Å². The fraction of sp³-hybridized carbons (Fsp3) is 0.571. The molecule has 1 aromatic rings. The van der Waals surface area contributed by atoms with Gasteiger partial charge >= 0.3 is 0 Å². The fourth-order valence-electron chi connectivity index (χ4n) is 2.06. The minimum atomic E-state index is -0.278.